The van der Waals surface area contributed by atoms with E-state index in [4.69, 9.17) is 14.2 Å². The van der Waals surface area contributed by atoms with Gasteiger partial charge in [-0.3, -0.25) is 9.59 Å². The fraction of sp³-hybridized carbons (Fsp3) is 0.448. The molecule has 3 rings (SSSR count). The second-order valence-electron chi connectivity index (χ2n) is 9.15. The summed E-state index contributed by atoms with van der Waals surface area (Å²) in [6, 6.07) is 13.5. The topological polar surface area (TPSA) is 85.3 Å². The number of hydrogen-bond acceptors (Lipinski definition) is 6. The Morgan fingerprint density at radius 3 is 2.22 bits per heavy atom. The third-order valence-electron chi connectivity index (χ3n) is 6.00. The Morgan fingerprint density at radius 1 is 0.944 bits per heavy atom. The van der Waals surface area contributed by atoms with Crippen LogP contribution in [-0.4, -0.2) is 54.7 Å². The van der Waals surface area contributed by atoms with Crippen molar-refractivity contribution in [2.75, 3.05) is 26.9 Å². The van der Waals surface area contributed by atoms with Crippen LogP contribution in [0.15, 0.2) is 54.1 Å². The first-order chi connectivity index (χ1) is 17.4. The molecule has 1 saturated heterocycles. The summed E-state index contributed by atoms with van der Waals surface area (Å²) in [7, 11) is 1.59. The van der Waals surface area contributed by atoms with Gasteiger partial charge >= 0.3 is 0 Å². The quantitative estimate of drug-likeness (QED) is 0.171. The average Bonchev–Trinajstić information content (AvgIpc) is 3.12. The van der Waals surface area contributed by atoms with Crippen LogP contribution in [0.4, 0.5) is 0 Å². The van der Waals surface area contributed by atoms with Gasteiger partial charge in [0.1, 0.15) is 17.3 Å². The molecule has 1 N–H and O–H groups in total. The van der Waals surface area contributed by atoms with E-state index in [0.29, 0.717) is 43.2 Å². The Morgan fingerprint density at radius 2 is 1.61 bits per heavy atom. The molecule has 7 nitrogen and oxygen atoms in total. The molecule has 1 atom stereocenters. The number of Topliss-reactive ketones (excluding diaryl/α,β-unsaturated/α-hetero) is 1. The zero-order valence-electron chi connectivity index (χ0n) is 21.7. The first-order valence-corrected chi connectivity index (χ1v) is 12.6. The number of rotatable bonds is 13. The summed E-state index contributed by atoms with van der Waals surface area (Å²) in [6.07, 6.45) is 3.79. The highest BCUT2D eigenvalue weighted by atomic mass is 16.5. The number of aliphatic hydroxyl groups is 1. The number of carbonyl (C=O) groups is 2. The van der Waals surface area contributed by atoms with Crippen molar-refractivity contribution in [1.82, 2.24) is 4.90 Å². The molecule has 1 aliphatic rings. The minimum Gasteiger partial charge on any atom is -0.507 e. The van der Waals surface area contributed by atoms with Gasteiger partial charge in [-0.25, -0.2) is 0 Å². The number of carbonyl (C=O) groups excluding carboxylic acids is 2. The van der Waals surface area contributed by atoms with Gasteiger partial charge in [0.15, 0.2) is 0 Å². The van der Waals surface area contributed by atoms with Crippen LogP contribution in [-0.2, 0) is 14.3 Å². The van der Waals surface area contributed by atoms with Crippen molar-refractivity contribution in [3.8, 4) is 11.5 Å². The van der Waals surface area contributed by atoms with Gasteiger partial charge in [-0.15, -0.1) is 0 Å². The fourth-order valence-corrected chi connectivity index (χ4v) is 4.24. The third kappa shape index (κ3) is 6.66. The Kier molecular flexibility index (Phi) is 9.94. The normalized spacial score (nSPS) is 17.1. The van der Waals surface area contributed by atoms with Gasteiger partial charge in [0.05, 0.1) is 24.3 Å². The van der Waals surface area contributed by atoms with E-state index in [9.17, 15) is 14.7 Å². The highest BCUT2D eigenvalue weighted by Gasteiger charge is 2.45. The summed E-state index contributed by atoms with van der Waals surface area (Å²) in [5, 5.41) is 11.2. The number of ketones is 1. The molecule has 0 bridgehead atoms. The summed E-state index contributed by atoms with van der Waals surface area (Å²) < 4.78 is 16.6. The van der Waals surface area contributed by atoms with E-state index < -0.39 is 17.7 Å². The Labute approximate surface area is 213 Å². The Hall–Kier alpha value is -3.32. The third-order valence-corrected chi connectivity index (χ3v) is 6.00. The van der Waals surface area contributed by atoms with Gasteiger partial charge in [0, 0.05) is 25.8 Å². The molecule has 194 valence electrons. The second-order valence-corrected chi connectivity index (χ2v) is 9.15. The molecule has 2 aromatic rings. The van der Waals surface area contributed by atoms with Crippen molar-refractivity contribution >= 4 is 17.4 Å². The first kappa shape index (κ1) is 27.3. The monoisotopic (exact) mass is 495 g/mol. The van der Waals surface area contributed by atoms with E-state index in [2.05, 4.69) is 6.92 Å². The van der Waals surface area contributed by atoms with Crippen molar-refractivity contribution in [3.63, 3.8) is 0 Å². The van der Waals surface area contributed by atoms with Crippen molar-refractivity contribution in [2.45, 2.75) is 58.6 Å². The lowest BCUT2D eigenvalue weighted by Crippen LogP contribution is -2.31. The molecule has 0 spiro atoms. The number of benzene rings is 2. The van der Waals surface area contributed by atoms with Gasteiger partial charge in [0.25, 0.3) is 11.7 Å². The summed E-state index contributed by atoms with van der Waals surface area (Å²) in [4.78, 5) is 27.7. The lowest BCUT2D eigenvalue weighted by Gasteiger charge is -2.25. The average molecular weight is 496 g/mol. The van der Waals surface area contributed by atoms with Crippen LogP contribution in [0.1, 0.15) is 63.6 Å². The minimum atomic E-state index is -0.708. The van der Waals surface area contributed by atoms with E-state index in [1.54, 1.807) is 31.4 Å². The van der Waals surface area contributed by atoms with Crippen LogP contribution in [0.25, 0.3) is 5.76 Å². The molecule has 0 saturated carbocycles. The SMILES string of the molecule is CCCCCOc1ccc(/C(O)=C2/C(=O)C(=O)N(CCCOC)C2c2ccc(OC(C)C)cc2)cc1. The lowest BCUT2D eigenvalue weighted by molar-refractivity contribution is -0.140. The second kappa shape index (κ2) is 13.1. The number of amides is 1. The van der Waals surface area contributed by atoms with E-state index in [0.717, 1.165) is 24.8 Å². The zero-order chi connectivity index (χ0) is 26.1. The fourth-order valence-electron chi connectivity index (χ4n) is 4.24. The van der Waals surface area contributed by atoms with Crippen LogP contribution in [0.5, 0.6) is 11.5 Å². The van der Waals surface area contributed by atoms with E-state index >= 15 is 0 Å². The molecule has 1 fully saturated rings. The minimum absolute atomic E-state index is 0.0223. The molecule has 0 radical (unpaired) electrons. The number of nitrogens with zero attached hydrogens (tertiary/aromatic N) is 1. The molecular weight excluding hydrogens is 458 g/mol. The Balaban J connectivity index is 1.94. The first-order valence-electron chi connectivity index (χ1n) is 12.6. The predicted molar refractivity (Wildman–Crippen MR) is 139 cm³/mol. The highest BCUT2D eigenvalue weighted by molar-refractivity contribution is 6.46. The van der Waals surface area contributed by atoms with Crippen molar-refractivity contribution in [1.29, 1.82) is 0 Å². The van der Waals surface area contributed by atoms with Crippen LogP contribution in [0.3, 0.4) is 0 Å². The summed E-state index contributed by atoms with van der Waals surface area (Å²) in [5.41, 5.74) is 1.25. The molecule has 1 aliphatic heterocycles. The molecule has 1 amide bonds. The molecular formula is C29H37NO6. The predicted octanol–water partition coefficient (Wildman–Crippen LogP) is 5.50. The number of likely N-dealkylation sites (tertiary alicyclic amines) is 1. The maximum atomic E-state index is 13.1. The standard InChI is InChI=1S/C29H37NO6/c1-5-6-7-19-35-23-13-11-22(12-14-23)27(31)25-26(21-9-15-24(16-10-21)36-20(2)3)30(17-8-18-34-4)29(33)28(25)32/h9-16,20,26,31H,5-8,17-19H2,1-4H3/b27-25-. The van der Waals surface area contributed by atoms with Crippen LogP contribution in [0, 0.1) is 0 Å². The van der Waals surface area contributed by atoms with Gasteiger partial charge in [-0.1, -0.05) is 31.9 Å². The molecule has 7 heteroatoms. The molecule has 1 unspecified atom stereocenters. The molecule has 0 aromatic heterocycles. The molecule has 0 aliphatic carbocycles. The van der Waals surface area contributed by atoms with Crippen LogP contribution in [0.2, 0.25) is 0 Å². The number of methoxy groups -OCH3 is 1. The van der Waals surface area contributed by atoms with Gasteiger partial charge in [0.2, 0.25) is 0 Å². The van der Waals surface area contributed by atoms with Gasteiger partial charge in [-0.2, -0.15) is 0 Å². The molecule has 1 heterocycles. The molecule has 2 aromatic carbocycles. The zero-order valence-corrected chi connectivity index (χ0v) is 21.7. The summed E-state index contributed by atoms with van der Waals surface area (Å²) in [5.74, 6) is -0.138. The van der Waals surface area contributed by atoms with E-state index in [1.807, 2.05) is 38.1 Å². The van der Waals surface area contributed by atoms with Crippen LogP contribution < -0.4 is 9.47 Å². The largest absolute Gasteiger partial charge is 0.507 e. The van der Waals surface area contributed by atoms with E-state index in [-0.39, 0.29) is 17.4 Å². The number of hydrogen-bond donors (Lipinski definition) is 1. The van der Waals surface area contributed by atoms with Crippen molar-refractivity contribution in [3.05, 3.63) is 65.2 Å². The van der Waals surface area contributed by atoms with Gasteiger partial charge < -0.3 is 24.2 Å². The highest BCUT2D eigenvalue weighted by Crippen LogP contribution is 2.40. The summed E-state index contributed by atoms with van der Waals surface area (Å²) >= 11 is 0. The smallest absolute Gasteiger partial charge is 0.295 e. The molecule has 36 heavy (non-hydrogen) atoms. The van der Waals surface area contributed by atoms with Gasteiger partial charge in [-0.05, 0) is 68.7 Å². The maximum Gasteiger partial charge on any atom is 0.295 e. The number of ether oxygens (including phenoxy) is 3. The number of unbranched alkanes of at least 4 members (excludes halogenated alkanes) is 2. The van der Waals surface area contributed by atoms with Crippen molar-refractivity contribution in [2.24, 2.45) is 0 Å². The summed E-state index contributed by atoms with van der Waals surface area (Å²) in [6.45, 7) is 7.44. The van der Waals surface area contributed by atoms with E-state index in [1.165, 1.54) is 4.90 Å². The lowest BCUT2D eigenvalue weighted by atomic mass is 9.95. The maximum absolute atomic E-state index is 13.1. The van der Waals surface area contributed by atoms with Crippen molar-refractivity contribution < 1.29 is 28.9 Å². The number of aliphatic hydroxyl groups excluding tert-OH is 1. The van der Waals surface area contributed by atoms with Crippen LogP contribution >= 0.6 is 0 Å². The Bertz CT molecular complexity index is 1040.